The lowest BCUT2D eigenvalue weighted by molar-refractivity contribution is -0.386. The number of nitro groups is 1. The maximum absolute atomic E-state index is 13.9. The standard InChI is InChI=1S/C14H8F7N3O2/c15-7-3-6(14(19,20)21)2-1-5(7)4-23-12-8(16)9(17)13(24(25)26)11(22)10(12)18/h1-3,23H,4,22H2. The lowest BCUT2D eigenvalue weighted by Gasteiger charge is -2.13. The first-order valence-corrected chi connectivity index (χ1v) is 6.65. The van der Waals surface area contributed by atoms with Gasteiger partial charge in [0.25, 0.3) is 0 Å². The molecule has 0 bridgehead atoms. The molecule has 140 valence electrons. The molecule has 5 nitrogen and oxygen atoms in total. The Hall–Kier alpha value is -3.05. The van der Waals surface area contributed by atoms with Crippen LogP contribution in [0.15, 0.2) is 18.2 Å². The van der Waals surface area contributed by atoms with Gasteiger partial charge in [0, 0.05) is 12.1 Å². The molecule has 0 radical (unpaired) electrons. The zero-order valence-corrected chi connectivity index (χ0v) is 12.4. The number of hydrogen-bond acceptors (Lipinski definition) is 4. The van der Waals surface area contributed by atoms with Crippen LogP contribution in [0.5, 0.6) is 0 Å². The first-order chi connectivity index (χ1) is 11.9. The van der Waals surface area contributed by atoms with Crippen LogP contribution in [0.4, 0.5) is 47.8 Å². The monoisotopic (exact) mass is 383 g/mol. The minimum absolute atomic E-state index is 0.175. The van der Waals surface area contributed by atoms with Crippen LogP contribution in [-0.2, 0) is 12.7 Å². The van der Waals surface area contributed by atoms with Crippen molar-refractivity contribution >= 4 is 17.1 Å². The van der Waals surface area contributed by atoms with E-state index in [0.29, 0.717) is 12.1 Å². The van der Waals surface area contributed by atoms with Crippen molar-refractivity contribution in [1.82, 2.24) is 0 Å². The Balaban J connectivity index is 2.35. The number of halogens is 7. The first-order valence-electron chi connectivity index (χ1n) is 6.65. The van der Waals surface area contributed by atoms with Crippen molar-refractivity contribution < 1.29 is 35.7 Å². The van der Waals surface area contributed by atoms with Crippen molar-refractivity contribution in [2.24, 2.45) is 0 Å². The molecular formula is C14H8F7N3O2. The van der Waals surface area contributed by atoms with Crippen LogP contribution < -0.4 is 11.1 Å². The third-order valence-corrected chi connectivity index (χ3v) is 3.35. The highest BCUT2D eigenvalue weighted by molar-refractivity contribution is 5.69. The summed E-state index contributed by atoms with van der Waals surface area (Å²) in [5.74, 6) is -7.04. The van der Waals surface area contributed by atoms with Gasteiger partial charge in [0.1, 0.15) is 11.5 Å². The summed E-state index contributed by atoms with van der Waals surface area (Å²) in [7, 11) is 0. The second-order valence-electron chi connectivity index (χ2n) is 4.99. The molecule has 2 aromatic rings. The van der Waals surface area contributed by atoms with Crippen molar-refractivity contribution in [3.63, 3.8) is 0 Å². The number of nitrogens with two attached hydrogens (primary N) is 1. The van der Waals surface area contributed by atoms with Crippen LogP contribution in [0.25, 0.3) is 0 Å². The molecule has 0 aliphatic carbocycles. The topological polar surface area (TPSA) is 81.2 Å². The molecule has 12 heteroatoms. The van der Waals surface area contributed by atoms with Gasteiger partial charge < -0.3 is 11.1 Å². The van der Waals surface area contributed by atoms with E-state index in [1.54, 1.807) is 0 Å². The van der Waals surface area contributed by atoms with E-state index in [0.717, 1.165) is 0 Å². The molecular weight excluding hydrogens is 375 g/mol. The predicted molar refractivity (Wildman–Crippen MR) is 76.1 cm³/mol. The Kier molecular flexibility index (Phi) is 4.96. The van der Waals surface area contributed by atoms with Crippen molar-refractivity contribution in [2.45, 2.75) is 12.7 Å². The van der Waals surface area contributed by atoms with Gasteiger partial charge in [-0.15, -0.1) is 0 Å². The van der Waals surface area contributed by atoms with Gasteiger partial charge in [-0.25, -0.2) is 13.2 Å². The lowest BCUT2D eigenvalue weighted by atomic mass is 10.1. The summed E-state index contributed by atoms with van der Waals surface area (Å²) in [6, 6.07) is 1.43. The van der Waals surface area contributed by atoms with Gasteiger partial charge in [-0.1, -0.05) is 6.07 Å². The summed E-state index contributed by atoms with van der Waals surface area (Å²) in [6.45, 7) is -0.742. The summed E-state index contributed by atoms with van der Waals surface area (Å²) >= 11 is 0. The van der Waals surface area contributed by atoms with Crippen molar-refractivity contribution in [1.29, 1.82) is 0 Å². The molecule has 0 amide bonds. The fourth-order valence-electron chi connectivity index (χ4n) is 2.05. The Morgan fingerprint density at radius 2 is 1.69 bits per heavy atom. The normalized spacial score (nSPS) is 11.5. The smallest absolute Gasteiger partial charge is 0.391 e. The number of anilines is 2. The van der Waals surface area contributed by atoms with E-state index in [2.05, 4.69) is 0 Å². The molecule has 0 heterocycles. The van der Waals surface area contributed by atoms with E-state index in [1.165, 1.54) is 0 Å². The molecule has 0 aliphatic heterocycles. The molecule has 0 fully saturated rings. The van der Waals surface area contributed by atoms with E-state index >= 15 is 0 Å². The Bertz CT molecular complexity index is 855. The van der Waals surface area contributed by atoms with Crippen LogP contribution >= 0.6 is 0 Å². The predicted octanol–water partition coefficient (Wildman–Crippen LogP) is 4.36. The Labute approximate surface area is 140 Å². The van der Waals surface area contributed by atoms with Crippen LogP contribution in [-0.4, -0.2) is 4.92 Å². The zero-order valence-electron chi connectivity index (χ0n) is 12.4. The van der Waals surface area contributed by atoms with Crippen molar-refractivity contribution in [3.05, 3.63) is 62.7 Å². The highest BCUT2D eigenvalue weighted by atomic mass is 19.4. The highest BCUT2D eigenvalue weighted by Crippen LogP contribution is 2.36. The van der Waals surface area contributed by atoms with Crippen LogP contribution in [0.2, 0.25) is 0 Å². The van der Waals surface area contributed by atoms with Gasteiger partial charge in [-0.05, 0) is 12.1 Å². The average Bonchev–Trinajstić information content (AvgIpc) is 2.53. The minimum atomic E-state index is -4.79. The summed E-state index contributed by atoms with van der Waals surface area (Å²) in [5.41, 5.74) is -0.751. The first kappa shape index (κ1) is 19.3. The molecule has 0 saturated carbocycles. The molecule has 2 aromatic carbocycles. The molecule has 0 aliphatic rings. The van der Waals surface area contributed by atoms with Crippen LogP contribution in [0, 0.1) is 33.4 Å². The minimum Gasteiger partial charge on any atom is -0.391 e. The highest BCUT2D eigenvalue weighted by Gasteiger charge is 2.32. The summed E-state index contributed by atoms with van der Waals surface area (Å²) in [5, 5.41) is 12.5. The molecule has 26 heavy (non-hydrogen) atoms. The van der Waals surface area contributed by atoms with Crippen molar-refractivity contribution in [3.8, 4) is 0 Å². The third kappa shape index (κ3) is 3.48. The molecule has 3 N–H and O–H groups in total. The molecule has 2 rings (SSSR count). The van der Waals surface area contributed by atoms with E-state index < -0.39 is 69.1 Å². The van der Waals surface area contributed by atoms with E-state index in [9.17, 15) is 40.8 Å². The molecule has 0 saturated heterocycles. The molecule has 0 aromatic heterocycles. The average molecular weight is 383 g/mol. The van der Waals surface area contributed by atoms with Gasteiger partial charge in [-0.2, -0.15) is 17.6 Å². The third-order valence-electron chi connectivity index (χ3n) is 3.35. The second-order valence-corrected chi connectivity index (χ2v) is 4.99. The number of rotatable bonds is 4. The maximum Gasteiger partial charge on any atom is 0.416 e. The maximum atomic E-state index is 13.9. The number of nitrogens with one attached hydrogen (secondary N) is 1. The van der Waals surface area contributed by atoms with Gasteiger partial charge >= 0.3 is 11.9 Å². The number of nitrogen functional groups attached to an aromatic ring is 1. The molecule has 0 unspecified atom stereocenters. The summed E-state index contributed by atoms with van der Waals surface area (Å²) in [4.78, 5) is 9.17. The van der Waals surface area contributed by atoms with Crippen molar-refractivity contribution in [2.75, 3.05) is 11.1 Å². The van der Waals surface area contributed by atoms with Crippen LogP contribution in [0.1, 0.15) is 11.1 Å². The lowest BCUT2D eigenvalue weighted by Crippen LogP contribution is -2.12. The Morgan fingerprint density at radius 3 is 2.19 bits per heavy atom. The van der Waals surface area contributed by atoms with Gasteiger partial charge in [0.15, 0.2) is 17.3 Å². The quantitative estimate of drug-likeness (QED) is 0.270. The van der Waals surface area contributed by atoms with E-state index in [-0.39, 0.29) is 6.07 Å². The fraction of sp³-hybridized carbons (Fsp3) is 0.143. The number of nitrogens with zero attached hydrogens (tertiary/aromatic N) is 1. The number of benzene rings is 2. The zero-order chi connectivity index (χ0) is 19.8. The fourth-order valence-corrected chi connectivity index (χ4v) is 2.05. The number of alkyl halides is 3. The molecule has 0 atom stereocenters. The van der Waals surface area contributed by atoms with E-state index in [1.807, 2.05) is 5.32 Å². The second kappa shape index (κ2) is 6.69. The summed E-state index contributed by atoms with van der Waals surface area (Å²) in [6.07, 6.45) is -4.79. The Morgan fingerprint density at radius 1 is 1.08 bits per heavy atom. The number of nitro benzene ring substituents is 1. The summed E-state index contributed by atoms with van der Waals surface area (Å²) < 4.78 is 92.5. The largest absolute Gasteiger partial charge is 0.416 e. The van der Waals surface area contributed by atoms with E-state index in [4.69, 9.17) is 5.73 Å². The van der Waals surface area contributed by atoms with Crippen LogP contribution in [0.3, 0.4) is 0 Å². The number of hydrogen-bond donors (Lipinski definition) is 2. The SMILES string of the molecule is Nc1c(F)c(NCc2ccc(C(F)(F)F)cc2F)c(F)c(F)c1[N+](=O)[O-]. The van der Waals surface area contributed by atoms with Gasteiger partial charge in [0.05, 0.1) is 10.5 Å². The van der Waals surface area contributed by atoms with Gasteiger partial charge in [0.2, 0.25) is 5.82 Å². The molecule has 0 spiro atoms. The van der Waals surface area contributed by atoms with Gasteiger partial charge in [-0.3, -0.25) is 10.1 Å².